The molecule has 0 amide bonds. The van der Waals surface area contributed by atoms with E-state index in [0.29, 0.717) is 22.1 Å². The van der Waals surface area contributed by atoms with Crippen LogP contribution in [0.15, 0.2) is 93.3 Å². The maximum Gasteiger partial charge on any atom is 0.270 e. The Balaban J connectivity index is 1.56. The van der Waals surface area contributed by atoms with E-state index in [2.05, 4.69) is 15.2 Å². The Morgan fingerprint density at radius 1 is 0.865 bits per heavy atom. The Morgan fingerprint density at radius 3 is 2.16 bits per heavy atom. The summed E-state index contributed by atoms with van der Waals surface area (Å²) in [4.78, 5) is 20.4. The number of non-ortho nitro benzene ring substituents is 2. The normalized spacial score (nSPS) is 11.4. The second-order valence-electron chi connectivity index (χ2n) is 7.43. The first-order chi connectivity index (χ1) is 17.6. The summed E-state index contributed by atoms with van der Waals surface area (Å²) >= 11 is 5.83. The maximum atomic E-state index is 13.0. The quantitative estimate of drug-likeness (QED) is 0.155. The first-order valence-electron chi connectivity index (χ1n) is 10.3. The molecule has 0 fully saturated rings. The average molecular weight is 542 g/mol. The van der Waals surface area contributed by atoms with E-state index in [1.807, 2.05) is 0 Å². The van der Waals surface area contributed by atoms with E-state index in [1.54, 1.807) is 12.1 Å². The molecule has 0 aliphatic heterocycles. The second kappa shape index (κ2) is 10.5. The van der Waals surface area contributed by atoms with Crippen LogP contribution in [0.3, 0.4) is 0 Å². The first-order valence-corrected chi connectivity index (χ1v) is 12.2. The molecule has 4 aromatic rings. The van der Waals surface area contributed by atoms with Gasteiger partial charge in [0, 0.05) is 40.5 Å². The van der Waals surface area contributed by atoms with Crippen LogP contribution < -0.4 is 10.1 Å². The molecule has 0 aliphatic carbocycles. The summed E-state index contributed by atoms with van der Waals surface area (Å²) in [6, 6.07) is 18.2. The van der Waals surface area contributed by atoms with Gasteiger partial charge in [0.15, 0.2) is 0 Å². The third-order valence-corrected chi connectivity index (χ3v) is 6.60. The molecule has 0 saturated carbocycles. The number of hydrazone groups is 1. The second-order valence-corrected chi connectivity index (χ2v) is 9.51. The Morgan fingerprint density at radius 2 is 1.51 bits per heavy atom. The molecule has 0 atom stereocenters. The number of benzene rings is 3. The van der Waals surface area contributed by atoms with E-state index in [4.69, 9.17) is 16.0 Å². The number of nitro groups is 2. The zero-order valence-electron chi connectivity index (χ0n) is 18.6. The minimum atomic E-state index is -4.25. The number of nitrogens with zero attached hydrogens (tertiary/aromatic N) is 3. The fourth-order valence-corrected chi connectivity index (χ4v) is 4.52. The number of hydrogen-bond acceptors (Lipinski definition) is 9. The van der Waals surface area contributed by atoms with E-state index in [9.17, 15) is 28.6 Å². The third-order valence-electron chi connectivity index (χ3n) is 4.93. The number of hydrogen-bond donors (Lipinski definition) is 2. The summed E-state index contributed by atoms with van der Waals surface area (Å²) < 4.78 is 34.0. The number of halogens is 1. The van der Waals surface area contributed by atoms with Crippen LogP contribution in [0.5, 0.6) is 0 Å². The highest BCUT2D eigenvalue weighted by molar-refractivity contribution is 7.92. The lowest BCUT2D eigenvalue weighted by Crippen LogP contribution is -2.15. The Labute approximate surface area is 214 Å². The molecule has 0 aliphatic rings. The molecule has 0 unspecified atom stereocenters. The van der Waals surface area contributed by atoms with Gasteiger partial charge in [-0.1, -0.05) is 11.6 Å². The van der Waals surface area contributed by atoms with Crippen molar-refractivity contribution in [2.45, 2.75) is 4.90 Å². The fraction of sp³-hybridized carbons (Fsp3) is 0. The highest BCUT2D eigenvalue weighted by atomic mass is 35.5. The number of nitro benzene ring substituents is 2. The van der Waals surface area contributed by atoms with Crippen molar-refractivity contribution in [2.75, 3.05) is 10.1 Å². The first kappa shape index (κ1) is 25.3. The van der Waals surface area contributed by atoms with E-state index in [1.165, 1.54) is 60.8 Å². The minimum absolute atomic E-state index is 0.0227. The van der Waals surface area contributed by atoms with Crippen molar-refractivity contribution in [1.29, 1.82) is 0 Å². The van der Waals surface area contributed by atoms with Gasteiger partial charge in [0.25, 0.3) is 21.4 Å². The smallest absolute Gasteiger partial charge is 0.270 e. The summed E-state index contributed by atoms with van der Waals surface area (Å²) in [6.45, 7) is 0. The number of furan rings is 1. The van der Waals surface area contributed by atoms with Gasteiger partial charge in [-0.2, -0.15) is 5.10 Å². The van der Waals surface area contributed by atoms with Gasteiger partial charge in [-0.25, -0.2) is 8.42 Å². The van der Waals surface area contributed by atoms with Crippen LogP contribution in [0.1, 0.15) is 5.76 Å². The number of rotatable bonds is 9. The summed E-state index contributed by atoms with van der Waals surface area (Å²) in [7, 11) is -4.25. The molecule has 0 radical (unpaired) electrons. The predicted octanol–water partition coefficient (Wildman–Crippen LogP) is 5.66. The number of anilines is 2. The van der Waals surface area contributed by atoms with Crippen molar-refractivity contribution in [3.05, 3.63) is 110 Å². The van der Waals surface area contributed by atoms with E-state index in [-0.39, 0.29) is 17.1 Å². The van der Waals surface area contributed by atoms with Gasteiger partial charge in [0.2, 0.25) is 0 Å². The molecule has 1 aromatic heterocycles. The Kier molecular flexibility index (Phi) is 7.18. The van der Waals surface area contributed by atoms with Crippen molar-refractivity contribution in [2.24, 2.45) is 5.10 Å². The predicted molar refractivity (Wildman–Crippen MR) is 137 cm³/mol. The average Bonchev–Trinajstić information content (AvgIpc) is 3.34. The monoisotopic (exact) mass is 541 g/mol. The van der Waals surface area contributed by atoms with Crippen LogP contribution in [0, 0.1) is 20.2 Å². The molecule has 0 bridgehead atoms. The van der Waals surface area contributed by atoms with Gasteiger partial charge in [-0.15, -0.1) is 0 Å². The highest BCUT2D eigenvalue weighted by Gasteiger charge is 2.23. The van der Waals surface area contributed by atoms with Gasteiger partial charge < -0.3 is 4.42 Å². The van der Waals surface area contributed by atoms with Gasteiger partial charge in [-0.3, -0.25) is 30.4 Å². The third kappa shape index (κ3) is 6.09. The van der Waals surface area contributed by atoms with Crippen molar-refractivity contribution in [3.8, 4) is 11.3 Å². The molecule has 2 N–H and O–H groups in total. The SMILES string of the molecule is O=[N+]([O-])c1ccc(-c2ccc(/C=N/Nc3ccc([N+](=O)[O-])cc3S(=O)(=O)Nc3ccc(Cl)cc3)o2)cc1. The minimum Gasteiger partial charge on any atom is -0.455 e. The van der Waals surface area contributed by atoms with Gasteiger partial charge in [-0.05, 0) is 54.6 Å². The Hall–Kier alpha value is -4.75. The lowest BCUT2D eigenvalue weighted by molar-refractivity contribution is -0.385. The molecular weight excluding hydrogens is 526 g/mol. The molecule has 12 nitrogen and oxygen atoms in total. The lowest BCUT2D eigenvalue weighted by atomic mass is 10.1. The number of sulfonamides is 1. The standard InChI is InChI=1S/C23H16ClN5O7S/c24-16-3-5-17(6-4-16)27-37(34,35)23-13-19(29(32)33)9-11-21(23)26-25-14-20-10-12-22(36-20)15-1-7-18(8-2-15)28(30)31/h1-14,26-27H/b25-14+. The maximum absolute atomic E-state index is 13.0. The largest absolute Gasteiger partial charge is 0.455 e. The lowest BCUT2D eigenvalue weighted by Gasteiger charge is -2.12. The van der Waals surface area contributed by atoms with Gasteiger partial charge in [0.05, 0.1) is 21.7 Å². The molecule has 188 valence electrons. The topological polar surface area (TPSA) is 170 Å². The molecule has 1 heterocycles. The molecule has 37 heavy (non-hydrogen) atoms. The van der Waals surface area contributed by atoms with Crippen molar-refractivity contribution >= 4 is 50.6 Å². The molecule has 4 rings (SSSR count). The van der Waals surface area contributed by atoms with E-state index < -0.39 is 30.5 Å². The fourth-order valence-electron chi connectivity index (χ4n) is 3.16. The van der Waals surface area contributed by atoms with Crippen LogP contribution in [-0.4, -0.2) is 24.5 Å². The van der Waals surface area contributed by atoms with Crippen molar-refractivity contribution < 1.29 is 22.7 Å². The zero-order valence-corrected chi connectivity index (χ0v) is 20.1. The van der Waals surface area contributed by atoms with Crippen LogP contribution in [-0.2, 0) is 10.0 Å². The van der Waals surface area contributed by atoms with E-state index in [0.717, 1.165) is 12.1 Å². The molecular formula is C23H16ClN5O7S. The van der Waals surface area contributed by atoms with Crippen LogP contribution in [0.25, 0.3) is 11.3 Å². The molecule has 3 aromatic carbocycles. The van der Waals surface area contributed by atoms with Gasteiger partial charge in [0.1, 0.15) is 16.4 Å². The zero-order chi connectivity index (χ0) is 26.6. The summed E-state index contributed by atoms with van der Waals surface area (Å²) in [5, 5.41) is 26.4. The van der Waals surface area contributed by atoms with Crippen molar-refractivity contribution in [1.82, 2.24) is 0 Å². The molecule has 0 saturated heterocycles. The van der Waals surface area contributed by atoms with Crippen LogP contribution in [0.2, 0.25) is 5.02 Å². The van der Waals surface area contributed by atoms with Gasteiger partial charge >= 0.3 is 0 Å². The summed E-state index contributed by atoms with van der Waals surface area (Å²) in [6.07, 6.45) is 1.28. The van der Waals surface area contributed by atoms with Crippen molar-refractivity contribution in [3.63, 3.8) is 0 Å². The number of nitrogens with one attached hydrogen (secondary N) is 2. The Bertz CT molecular complexity index is 1600. The van der Waals surface area contributed by atoms with Crippen LogP contribution >= 0.6 is 11.6 Å². The molecule has 0 spiro atoms. The summed E-state index contributed by atoms with van der Waals surface area (Å²) in [5.74, 6) is 0.730. The summed E-state index contributed by atoms with van der Waals surface area (Å²) in [5.41, 5.74) is 2.88. The van der Waals surface area contributed by atoms with Crippen LogP contribution in [0.4, 0.5) is 22.7 Å². The molecule has 14 heteroatoms. The highest BCUT2D eigenvalue weighted by Crippen LogP contribution is 2.29. The van der Waals surface area contributed by atoms with E-state index >= 15 is 0 Å².